The highest BCUT2D eigenvalue weighted by Gasteiger charge is 2.13. The zero-order valence-corrected chi connectivity index (χ0v) is 13.6. The topological polar surface area (TPSA) is 57.2 Å². The van der Waals surface area contributed by atoms with Crippen molar-refractivity contribution in [2.75, 3.05) is 48.8 Å². The first-order valence-electron chi connectivity index (χ1n) is 7.41. The molecule has 0 aromatic carbocycles. The Morgan fingerprint density at radius 2 is 1.65 bits per heavy atom. The molecule has 0 aliphatic heterocycles. The van der Waals surface area contributed by atoms with E-state index < -0.39 is 0 Å². The molecule has 0 aliphatic rings. The van der Waals surface area contributed by atoms with Gasteiger partial charge < -0.3 is 15.1 Å². The normalized spacial score (nSPS) is 10.8. The van der Waals surface area contributed by atoms with Gasteiger partial charge in [-0.15, -0.1) is 0 Å². The molecule has 0 unspecified atom stereocenters. The Kier molecular flexibility index (Phi) is 6.48. The molecule has 1 aromatic heterocycles. The van der Waals surface area contributed by atoms with Crippen LogP contribution in [0.2, 0.25) is 0 Å². The molecule has 114 valence electrons. The van der Waals surface area contributed by atoms with Gasteiger partial charge in [-0.1, -0.05) is 13.8 Å². The molecule has 0 saturated carbocycles. The van der Waals surface area contributed by atoms with Crippen LogP contribution in [0.1, 0.15) is 34.1 Å². The molecule has 20 heavy (non-hydrogen) atoms. The van der Waals surface area contributed by atoms with Crippen LogP contribution in [0.25, 0.3) is 0 Å². The summed E-state index contributed by atoms with van der Waals surface area (Å²) in [6, 6.07) is 0. The van der Waals surface area contributed by atoms with E-state index in [0.717, 1.165) is 38.0 Å². The molecule has 6 heteroatoms. The third-order valence-corrected chi connectivity index (χ3v) is 3.26. The summed E-state index contributed by atoms with van der Waals surface area (Å²) in [6.45, 7) is 11.4. The van der Waals surface area contributed by atoms with Crippen molar-refractivity contribution in [1.82, 2.24) is 15.0 Å². The Bertz CT molecular complexity index is 403. The second-order valence-electron chi connectivity index (χ2n) is 5.29. The lowest BCUT2D eigenvalue weighted by atomic mass is 10.1. The Hall–Kier alpha value is -1.59. The molecule has 0 bridgehead atoms. The van der Waals surface area contributed by atoms with Gasteiger partial charge in [0.2, 0.25) is 17.8 Å². The summed E-state index contributed by atoms with van der Waals surface area (Å²) in [5, 5.41) is 3.02. The summed E-state index contributed by atoms with van der Waals surface area (Å²) in [4.78, 5) is 17.7. The number of hydrogen-bond donors (Lipinski definition) is 1. The minimum atomic E-state index is 0.619. The lowest BCUT2D eigenvalue weighted by molar-refractivity contribution is 0.581. The van der Waals surface area contributed by atoms with Crippen LogP contribution in [0.4, 0.5) is 17.8 Å². The van der Waals surface area contributed by atoms with E-state index in [-0.39, 0.29) is 0 Å². The summed E-state index contributed by atoms with van der Waals surface area (Å²) >= 11 is 0. The summed E-state index contributed by atoms with van der Waals surface area (Å²) in [7, 11) is 3.86. The second kappa shape index (κ2) is 7.87. The largest absolute Gasteiger partial charge is 0.357 e. The molecule has 1 N–H and O–H groups in total. The molecule has 0 spiro atoms. The molecule has 0 atom stereocenters. The zero-order chi connectivity index (χ0) is 15.1. The standard InChI is InChI=1S/C14H28N6/c1-7-20(8-2)14-17-12(15-5)16-13(18-14)19(6)10-9-11(3)4/h11H,7-10H2,1-6H3,(H,15,16,17,18). The van der Waals surface area contributed by atoms with E-state index in [1.54, 1.807) is 0 Å². The van der Waals surface area contributed by atoms with Gasteiger partial charge in [-0.25, -0.2) is 0 Å². The summed E-state index contributed by atoms with van der Waals surface area (Å²) in [5.41, 5.74) is 0. The minimum Gasteiger partial charge on any atom is -0.357 e. The average molecular weight is 280 g/mol. The van der Waals surface area contributed by atoms with Gasteiger partial charge in [0, 0.05) is 33.7 Å². The second-order valence-corrected chi connectivity index (χ2v) is 5.29. The summed E-state index contributed by atoms with van der Waals surface area (Å²) in [6.07, 6.45) is 1.12. The fourth-order valence-electron chi connectivity index (χ4n) is 1.84. The van der Waals surface area contributed by atoms with E-state index in [9.17, 15) is 0 Å². The highest BCUT2D eigenvalue weighted by atomic mass is 15.3. The number of hydrogen-bond acceptors (Lipinski definition) is 6. The number of anilines is 3. The van der Waals surface area contributed by atoms with Crippen LogP contribution in [0.15, 0.2) is 0 Å². The van der Waals surface area contributed by atoms with Gasteiger partial charge >= 0.3 is 0 Å². The molecule has 1 heterocycles. The number of aromatic nitrogens is 3. The first kappa shape index (κ1) is 16.5. The van der Waals surface area contributed by atoms with E-state index in [2.05, 4.69) is 57.8 Å². The molecule has 0 radical (unpaired) electrons. The maximum Gasteiger partial charge on any atom is 0.231 e. The fourth-order valence-corrected chi connectivity index (χ4v) is 1.84. The van der Waals surface area contributed by atoms with Crippen LogP contribution < -0.4 is 15.1 Å². The summed E-state index contributed by atoms with van der Waals surface area (Å²) < 4.78 is 0. The van der Waals surface area contributed by atoms with Gasteiger partial charge in [-0.05, 0) is 26.2 Å². The number of rotatable bonds is 8. The van der Waals surface area contributed by atoms with Crippen molar-refractivity contribution in [2.24, 2.45) is 5.92 Å². The Labute approximate surface area is 122 Å². The molecule has 6 nitrogen and oxygen atoms in total. The van der Waals surface area contributed by atoms with Gasteiger partial charge in [0.05, 0.1) is 0 Å². The zero-order valence-electron chi connectivity index (χ0n) is 13.6. The predicted molar refractivity (Wildman–Crippen MR) is 85.7 cm³/mol. The molecule has 1 aromatic rings. The van der Waals surface area contributed by atoms with Crippen LogP contribution in [0.3, 0.4) is 0 Å². The molecule has 0 fully saturated rings. The van der Waals surface area contributed by atoms with Crippen molar-refractivity contribution in [3.05, 3.63) is 0 Å². The molecule has 0 aliphatic carbocycles. The predicted octanol–water partition coefficient (Wildman–Crippen LogP) is 2.24. The van der Waals surface area contributed by atoms with Crippen LogP contribution in [0.5, 0.6) is 0 Å². The maximum absolute atomic E-state index is 4.59. The van der Waals surface area contributed by atoms with E-state index in [1.165, 1.54) is 0 Å². The van der Waals surface area contributed by atoms with Crippen LogP contribution in [-0.4, -0.2) is 48.7 Å². The molecule has 1 rings (SSSR count). The SMILES string of the molecule is CCN(CC)c1nc(NC)nc(N(C)CCC(C)C)n1. The van der Waals surface area contributed by atoms with Crippen molar-refractivity contribution in [3.8, 4) is 0 Å². The average Bonchev–Trinajstić information content (AvgIpc) is 2.45. The van der Waals surface area contributed by atoms with Gasteiger partial charge in [-0.3, -0.25) is 0 Å². The monoisotopic (exact) mass is 280 g/mol. The Balaban J connectivity index is 2.97. The third-order valence-electron chi connectivity index (χ3n) is 3.26. The number of nitrogens with zero attached hydrogens (tertiary/aromatic N) is 5. The van der Waals surface area contributed by atoms with Gasteiger partial charge in [0.15, 0.2) is 0 Å². The van der Waals surface area contributed by atoms with E-state index >= 15 is 0 Å². The Morgan fingerprint density at radius 1 is 1.05 bits per heavy atom. The van der Waals surface area contributed by atoms with Gasteiger partial charge in [-0.2, -0.15) is 15.0 Å². The fraction of sp³-hybridized carbons (Fsp3) is 0.786. The van der Waals surface area contributed by atoms with Crippen LogP contribution >= 0.6 is 0 Å². The third kappa shape index (κ3) is 4.51. The minimum absolute atomic E-state index is 0.619. The van der Waals surface area contributed by atoms with Crippen LogP contribution in [0, 0.1) is 5.92 Å². The maximum atomic E-state index is 4.59. The van der Waals surface area contributed by atoms with E-state index in [0.29, 0.717) is 11.9 Å². The smallest absolute Gasteiger partial charge is 0.231 e. The molecular weight excluding hydrogens is 252 g/mol. The number of nitrogens with one attached hydrogen (secondary N) is 1. The summed E-state index contributed by atoms with van der Waals surface area (Å²) in [5.74, 6) is 2.76. The first-order chi connectivity index (χ1) is 9.51. The highest BCUT2D eigenvalue weighted by molar-refractivity contribution is 5.44. The molecule has 0 amide bonds. The van der Waals surface area contributed by atoms with E-state index in [4.69, 9.17) is 0 Å². The lowest BCUT2D eigenvalue weighted by Gasteiger charge is -2.23. The Morgan fingerprint density at radius 3 is 2.15 bits per heavy atom. The van der Waals surface area contributed by atoms with Crippen LogP contribution in [-0.2, 0) is 0 Å². The van der Waals surface area contributed by atoms with Crippen molar-refractivity contribution in [2.45, 2.75) is 34.1 Å². The first-order valence-corrected chi connectivity index (χ1v) is 7.41. The van der Waals surface area contributed by atoms with Gasteiger partial charge in [0.1, 0.15) is 0 Å². The lowest BCUT2D eigenvalue weighted by Crippen LogP contribution is -2.28. The van der Waals surface area contributed by atoms with Crippen molar-refractivity contribution < 1.29 is 0 Å². The molecule has 0 saturated heterocycles. The highest BCUT2D eigenvalue weighted by Crippen LogP contribution is 2.16. The molecular formula is C14H28N6. The van der Waals surface area contributed by atoms with Crippen molar-refractivity contribution >= 4 is 17.8 Å². The quantitative estimate of drug-likeness (QED) is 0.788. The van der Waals surface area contributed by atoms with Crippen molar-refractivity contribution in [3.63, 3.8) is 0 Å². The van der Waals surface area contributed by atoms with E-state index in [1.807, 2.05) is 14.1 Å². The van der Waals surface area contributed by atoms with Crippen molar-refractivity contribution in [1.29, 1.82) is 0 Å². The van der Waals surface area contributed by atoms with Gasteiger partial charge in [0.25, 0.3) is 0 Å².